The summed E-state index contributed by atoms with van der Waals surface area (Å²) in [6.45, 7) is 11.8. The molecule has 0 saturated carbocycles. The van der Waals surface area contributed by atoms with E-state index in [4.69, 9.17) is 20.4 Å². The van der Waals surface area contributed by atoms with Crippen LogP contribution in [0, 0.1) is 0 Å². The van der Waals surface area contributed by atoms with Crippen LogP contribution < -0.4 is 5.11 Å². The molecule has 0 aromatic carbocycles. The van der Waals surface area contributed by atoms with Gasteiger partial charge < -0.3 is 30.3 Å². The van der Waals surface area contributed by atoms with Gasteiger partial charge in [0.15, 0.2) is 0 Å². The minimum absolute atomic E-state index is 0. The fourth-order valence-electron chi connectivity index (χ4n) is 3.27. The fraction of sp³-hybridized carbons (Fsp3) is 0.971. The summed E-state index contributed by atoms with van der Waals surface area (Å²) in [7, 11) is 0. The molecule has 0 aliphatic heterocycles. The number of unbranched alkanes of at least 4 members (excludes halogenated alkanes) is 18. The summed E-state index contributed by atoms with van der Waals surface area (Å²) < 4.78 is 0. The van der Waals surface area contributed by atoms with Gasteiger partial charge in [0.05, 0.1) is 0 Å². The molecule has 0 heterocycles. The van der Waals surface area contributed by atoms with Crippen molar-refractivity contribution in [2.45, 2.75) is 189 Å². The molecule has 0 radical (unpaired) electrons. The quantitative estimate of drug-likeness (QED) is 0.0634. The van der Waals surface area contributed by atoms with Gasteiger partial charge in [0, 0.05) is 54.1 Å². The number of carbonyl (C=O) groups is 1. The molecular weight excluding hydrogens is 552 g/mol. The van der Waals surface area contributed by atoms with E-state index >= 15 is 0 Å². The van der Waals surface area contributed by atoms with Crippen molar-refractivity contribution >= 4 is 5.97 Å². The number of carbonyl (C=O) groups excluding carboxylic acids is 1. The number of hydrogen-bond donors (Lipinski definition) is 4. The molecule has 0 unspecified atom stereocenters. The van der Waals surface area contributed by atoms with Crippen molar-refractivity contribution in [2.75, 3.05) is 26.4 Å². The molecular formula is C34H75O6Ti-. The molecule has 0 spiro atoms. The summed E-state index contributed by atoms with van der Waals surface area (Å²) in [5.74, 6) is -0.903. The number of hydrogen-bond acceptors (Lipinski definition) is 6. The fourth-order valence-corrected chi connectivity index (χ4v) is 3.27. The Morgan fingerprint density at radius 3 is 0.732 bits per heavy atom. The Morgan fingerprint density at radius 1 is 0.390 bits per heavy atom. The average molecular weight is 628 g/mol. The van der Waals surface area contributed by atoms with Crippen molar-refractivity contribution in [3.63, 3.8) is 0 Å². The van der Waals surface area contributed by atoms with E-state index in [1.165, 1.54) is 83.5 Å². The standard InChI is InChI=1S/C18H36O2.4C4H10O.Ti/c1-2-3-4-5-6-7-8-9-10-11-12-13-14-15-16-17-18(19)20;4*1-2-3-4-5;/h2-17H2,1H3,(H,19,20);4*5H,2-4H2,1H3;/p-1. The molecule has 0 amide bonds. The average Bonchev–Trinajstić information content (AvgIpc) is 2.94. The van der Waals surface area contributed by atoms with Crippen molar-refractivity contribution in [3.05, 3.63) is 0 Å². The van der Waals surface area contributed by atoms with Gasteiger partial charge >= 0.3 is 0 Å². The molecule has 0 aromatic heterocycles. The first-order chi connectivity index (χ1) is 19.4. The summed E-state index contributed by atoms with van der Waals surface area (Å²) >= 11 is 0. The van der Waals surface area contributed by atoms with Crippen LogP contribution in [0.3, 0.4) is 0 Å². The number of carboxylic acids is 1. The summed E-state index contributed by atoms with van der Waals surface area (Å²) in [6, 6.07) is 0. The summed E-state index contributed by atoms with van der Waals surface area (Å²) in [5, 5.41) is 42.5. The van der Waals surface area contributed by atoms with Crippen molar-refractivity contribution < 1.29 is 52.0 Å². The molecule has 6 nitrogen and oxygen atoms in total. The second kappa shape index (κ2) is 63.3. The molecule has 0 aromatic rings. The zero-order chi connectivity index (χ0) is 31.4. The maximum absolute atomic E-state index is 10.2. The zero-order valence-corrected chi connectivity index (χ0v) is 30.0. The maximum atomic E-state index is 10.2. The van der Waals surface area contributed by atoms with E-state index in [2.05, 4.69) is 34.6 Å². The Morgan fingerprint density at radius 2 is 0.585 bits per heavy atom. The Labute approximate surface area is 272 Å². The molecule has 4 N–H and O–H groups in total. The summed E-state index contributed by atoms with van der Waals surface area (Å²) in [6.07, 6.45) is 28.0. The third kappa shape index (κ3) is 92.4. The van der Waals surface area contributed by atoms with Gasteiger partial charge in [-0.05, 0) is 38.5 Å². The van der Waals surface area contributed by atoms with Crippen molar-refractivity contribution in [2.24, 2.45) is 0 Å². The van der Waals surface area contributed by atoms with Crippen LogP contribution in [0.5, 0.6) is 0 Å². The second-order valence-electron chi connectivity index (χ2n) is 10.4. The van der Waals surface area contributed by atoms with Crippen LogP contribution in [0.4, 0.5) is 0 Å². The third-order valence-corrected chi connectivity index (χ3v) is 6.03. The van der Waals surface area contributed by atoms with Gasteiger partial charge in [0.25, 0.3) is 0 Å². The molecule has 252 valence electrons. The third-order valence-electron chi connectivity index (χ3n) is 6.03. The number of carboxylic acid groups (broad SMARTS) is 1. The van der Waals surface area contributed by atoms with Gasteiger partial charge in [-0.15, -0.1) is 0 Å². The summed E-state index contributed by atoms with van der Waals surface area (Å²) in [5.41, 5.74) is 0. The Bertz CT molecular complexity index is 341. The van der Waals surface area contributed by atoms with Crippen LogP contribution in [0.25, 0.3) is 0 Å². The number of rotatable bonds is 24. The molecule has 0 rings (SSSR count). The van der Waals surface area contributed by atoms with E-state index in [1.807, 2.05) is 0 Å². The van der Waals surface area contributed by atoms with Crippen molar-refractivity contribution in [1.29, 1.82) is 0 Å². The minimum Gasteiger partial charge on any atom is -0.550 e. The van der Waals surface area contributed by atoms with Crippen LogP contribution in [0.15, 0.2) is 0 Å². The van der Waals surface area contributed by atoms with Crippen LogP contribution >= 0.6 is 0 Å². The van der Waals surface area contributed by atoms with E-state index in [1.54, 1.807) is 0 Å². The van der Waals surface area contributed by atoms with Crippen molar-refractivity contribution in [1.82, 2.24) is 0 Å². The molecule has 0 aliphatic rings. The van der Waals surface area contributed by atoms with E-state index < -0.39 is 5.97 Å². The first-order valence-corrected chi connectivity index (χ1v) is 17.1. The normalized spacial score (nSPS) is 9.39. The molecule has 7 heteroatoms. The van der Waals surface area contributed by atoms with Crippen LogP contribution in [0.1, 0.15) is 189 Å². The van der Waals surface area contributed by atoms with Gasteiger partial charge in [-0.1, -0.05) is 150 Å². The smallest absolute Gasteiger partial charge is 0.0430 e. The Kier molecular flexibility index (Phi) is 82.7. The van der Waals surface area contributed by atoms with Crippen LogP contribution in [0.2, 0.25) is 0 Å². The first kappa shape index (κ1) is 53.6. The number of aliphatic hydroxyl groups excluding tert-OH is 4. The second-order valence-corrected chi connectivity index (χ2v) is 10.4. The molecule has 0 saturated heterocycles. The first-order valence-electron chi connectivity index (χ1n) is 17.1. The van der Waals surface area contributed by atoms with Gasteiger partial charge in [-0.3, -0.25) is 0 Å². The molecule has 41 heavy (non-hydrogen) atoms. The number of aliphatic hydroxyl groups is 4. The number of aliphatic carboxylic acids is 1. The Hall–Kier alpha value is 0.0243. The van der Waals surface area contributed by atoms with Crippen LogP contribution in [-0.2, 0) is 26.5 Å². The topological polar surface area (TPSA) is 121 Å². The summed E-state index contributed by atoms with van der Waals surface area (Å²) in [4.78, 5) is 10.2. The van der Waals surface area contributed by atoms with E-state index in [9.17, 15) is 9.90 Å². The maximum Gasteiger partial charge on any atom is 0.0430 e. The van der Waals surface area contributed by atoms with Gasteiger partial charge in [0.2, 0.25) is 0 Å². The molecule has 0 bridgehead atoms. The minimum atomic E-state index is -0.903. The Balaban J connectivity index is -0.000000118. The van der Waals surface area contributed by atoms with Gasteiger partial charge in [-0.2, -0.15) is 0 Å². The van der Waals surface area contributed by atoms with E-state index in [-0.39, 0.29) is 28.1 Å². The predicted octanol–water partition coefficient (Wildman–Crippen LogP) is 8.11. The van der Waals surface area contributed by atoms with Crippen LogP contribution in [-0.4, -0.2) is 52.8 Å². The monoisotopic (exact) mass is 628 g/mol. The molecule has 0 aliphatic carbocycles. The molecule has 0 atom stereocenters. The zero-order valence-electron chi connectivity index (χ0n) is 28.4. The molecule has 0 fully saturated rings. The van der Waals surface area contributed by atoms with Crippen molar-refractivity contribution in [3.8, 4) is 0 Å². The van der Waals surface area contributed by atoms with Gasteiger partial charge in [-0.25, -0.2) is 0 Å². The van der Waals surface area contributed by atoms with Gasteiger partial charge in [0.1, 0.15) is 0 Å². The van der Waals surface area contributed by atoms with E-state index in [0.717, 1.165) is 64.2 Å². The SMILES string of the molecule is CCCCCCCCCCCCCCCCCC(=O)[O-].CCCCO.CCCCO.CCCCO.CCCCO.[Ti]. The van der Waals surface area contributed by atoms with E-state index in [0.29, 0.717) is 26.4 Å². The largest absolute Gasteiger partial charge is 0.550 e. The predicted molar refractivity (Wildman–Crippen MR) is 173 cm³/mol.